The molecule has 1 aliphatic heterocycles. The number of hydrogen-bond acceptors (Lipinski definition) is 2. The van der Waals surface area contributed by atoms with Crippen molar-refractivity contribution in [1.82, 2.24) is 10.2 Å². The highest BCUT2D eigenvalue weighted by molar-refractivity contribution is 5.53. The minimum absolute atomic E-state index is 1.01. The summed E-state index contributed by atoms with van der Waals surface area (Å²) in [5.74, 6) is 0. The maximum absolute atomic E-state index is 3.38. The highest BCUT2D eigenvalue weighted by Gasteiger charge is 2.04. The number of hydrogen-bond donors (Lipinski definition) is 1. The van der Waals surface area contributed by atoms with Crippen molar-refractivity contribution in [3.8, 4) is 0 Å². The average molecular weight is 230 g/mol. The fourth-order valence-corrected chi connectivity index (χ4v) is 2.21. The van der Waals surface area contributed by atoms with Crippen molar-refractivity contribution in [2.75, 3.05) is 27.2 Å². The van der Waals surface area contributed by atoms with Gasteiger partial charge in [-0.3, -0.25) is 0 Å². The van der Waals surface area contributed by atoms with Gasteiger partial charge in [-0.25, -0.2) is 0 Å². The van der Waals surface area contributed by atoms with Gasteiger partial charge >= 0.3 is 0 Å². The first-order valence-corrected chi connectivity index (χ1v) is 6.38. The Morgan fingerprint density at radius 3 is 2.35 bits per heavy atom. The van der Waals surface area contributed by atoms with Gasteiger partial charge in [0.2, 0.25) is 0 Å². The summed E-state index contributed by atoms with van der Waals surface area (Å²) in [6.07, 6.45) is 4.74. The molecule has 0 radical (unpaired) electrons. The Bertz CT molecular complexity index is 368. The van der Waals surface area contributed by atoms with Gasteiger partial charge < -0.3 is 10.2 Å². The SMILES string of the molecule is CN(C)Cc1ccc(C=C2CCNCC2)cc1. The molecule has 1 fully saturated rings. The van der Waals surface area contributed by atoms with Crippen LogP contribution in [0.5, 0.6) is 0 Å². The van der Waals surface area contributed by atoms with Gasteiger partial charge in [-0.15, -0.1) is 0 Å². The van der Waals surface area contributed by atoms with E-state index in [0.717, 1.165) is 19.6 Å². The maximum atomic E-state index is 3.38. The molecule has 0 amide bonds. The summed E-state index contributed by atoms with van der Waals surface area (Å²) in [6.45, 7) is 3.27. The second-order valence-corrected chi connectivity index (χ2v) is 5.03. The third kappa shape index (κ3) is 3.99. The molecular formula is C15H22N2. The molecule has 1 aromatic rings. The Balaban J connectivity index is 2.02. The van der Waals surface area contributed by atoms with Gasteiger partial charge in [0.15, 0.2) is 0 Å². The molecule has 1 N–H and O–H groups in total. The quantitative estimate of drug-likeness (QED) is 0.858. The highest BCUT2D eigenvalue weighted by Crippen LogP contribution is 2.16. The zero-order chi connectivity index (χ0) is 12.1. The third-order valence-corrected chi connectivity index (χ3v) is 3.10. The van der Waals surface area contributed by atoms with E-state index in [1.807, 2.05) is 0 Å². The molecule has 0 aliphatic carbocycles. The molecular weight excluding hydrogens is 208 g/mol. The molecule has 17 heavy (non-hydrogen) atoms. The summed E-state index contributed by atoms with van der Waals surface area (Å²) in [7, 11) is 4.20. The predicted octanol–water partition coefficient (Wildman–Crippen LogP) is 2.52. The van der Waals surface area contributed by atoms with Crippen molar-refractivity contribution in [2.24, 2.45) is 0 Å². The minimum atomic E-state index is 1.01. The van der Waals surface area contributed by atoms with Gasteiger partial charge in [-0.1, -0.05) is 35.9 Å². The molecule has 0 unspecified atom stereocenters. The number of nitrogens with one attached hydrogen (secondary N) is 1. The predicted molar refractivity (Wildman–Crippen MR) is 73.9 cm³/mol. The fraction of sp³-hybridized carbons (Fsp3) is 0.467. The molecule has 92 valence electrons. The lowest BCUT2D eigenvalue weighted by Gasteiger charge is -2.15. The highest BCUT2D eigenvalue weighted by atomic mass is 15.0. The largest absolute Gasteiger partial charge is 0.316 e. The molecule has 2 rings (SSSR count). The summed E-state index contributed by atoms with van der Waals surface area (Å²) in [5, 5.41) is 3.38. The maximum Gasteiger partial charge on any atom is 0.0227 e. The standard InChI is InChI=1S/C15H22N2/c1-17(2)12-15-5-3-13(4-6-15)11-14-7-9-16-10-8-14/h3-6,11,16H,7-10,12H2,1-2H3. The number of benzene rings is 1. The summed E-state index contributed by atoms with van der Waals surface area (Å²) in [6, 6.07) is 8.92. The lowest BCUT2D eigenvalue weighted by Crippen LogP contribution is -2.22. The Labute approximate surface area is 104 Å². The summed E-state index contributed by atoms with van der Waals surface area (Å²) < 4.78 is 0. The van der Waals surface area contributed by atoms with Crippen LogP contribution >= 0.6 is 0 Å². The van der Waals surface area contributed by atoms with Crippen LogP contribution in [0.4, 0.5) is 0 Å². The van der Waals surface area contributed by atoms with E-state index in [9.17, 15) is 0 Å². The first kappa shape index (κ1) is 12.3. The number of piperidine rings is 1. The Morgan fingerprint density at radius 2 is 1.76 bits per heavy atom. The van der Waals surface area contributed by atoms with Crippen molar-refractivity contribution in [3.63, 3.8) is 0 Å². The molecule has 1 saturated heterocycles. The summed E-state index contributed by atoms with van der Waals surface area (Å²) in [4.78, 5) is 2.19. The smallest absolute Gasteiger partial charge is 0.0227 e. The number of nitrogens with zero attached hydrogens (tertiary/aromatic N) is 1. The monoisotopic (exact) mass is 230 g/mol. The van der Waals surface area contributed by atoms with Crippen molar-refractivity contribution in [3.05, 3.63) is 41.0 Å². The zero-order valence-corrected chi connectivity index (χ0v) is 10.9. The zero-order valence-electron chi connectivity index (χ0n) is 10.9. The van der Waals surface area contributed by atoms with Crippen LogP contribution < -0.4 is 5.32 Å². The second-order valence-electron chi connectivity index (χ2n) is 5.03. The molecule has 0 saturated carbocycles. The van der Waals surface area contributed by atoms with Crippen molar-refractivity contribution in [2.45, 2.75) is 19.4 Å². The van der Waals surface area contributed by atoms with Crippen LogP contribution in [0.15, 0.2) is 29.8 Å². The van der Waals surface area contributed by atoms with E-state index >= 15 is 0 Å². The van der Waals surface area contributed by atoms with E-state index in [-0.39, 0.29) is 0 Å². The molecule has 1 aliphatic rings. The van der Waals surface area contributed by atoms with Gasteiger partial charge in [-0.2, -0.15) is 0 Å². The van der Waals surface area contributed by atoms with E-state index in [0.29, 0.717) is 0 Å². The minimum Gasteiger partial charge on any atom is -0.316 e. The van der Waals surface area contributed by atoms with Crippen LogP contribution in [0.25, 0.3) is 6.08 Å². The van der Waals surface area contributed by atoms with Crippen molar-refractivity contribution in [1.29, 1.82) is 0 Å². The van der Waals surface area contributed by atoms with E-state index < -0.39 is 0 Å². The van der Waals surface area contributed by atoms with Gasteiger partial charge in [0, 0.05) is 6.54 Å². The number of rotatable bonds is 3. The van der Waals surface area contributed by atoms with E-state index in [2.05, 4.69) is 54.7 Å². The normalized spacial score (nSPS) is 16.3. The third-order valence-electron chi connectivity index (χ3n) is 3.10. The molecule has 0 bridgehead atoms. The summed E-state index contributed by atoms with van der Waals surface area (Å²) in [5.41, 5.74) is 4.29. The van der Waals surface area contributed by atoms with Crippen molar-refractivity contribution < 1.29 is 0 Å². The van der Waals surface area contributed by atoms with E-state index in [1.165, 1.54) is 24.0 Å². The Hall–Kier alpha value is -1.12. The molecule has 0 aromatic heterocycles. The van der Waals surface area contributed by atoms with E-state index in [4.69, 9.17) is 0 Å². The van der Waals surface area contributed by atoms with Crippen molar-refractivity contribution >= 4 is 6.08 Å². The Kier molecular flexibility index (Phi) is 4.35. The first-order chi connectivity index (χ1) is 8.24. The van der Waals surface area contributed by atoms with Crippen LogP contribution in [0.2, 0.25) is 0 Å². The second kappa shape index (κ2) is 5.99. The molecule has 1 heterocycles. The summed E-state index contributed by atoms with van der Waals surface area (Å²) >= 11 is 0. The lowest BCUT2D eigenvalue weighted by molar-refractivity contribution is 0.402. The molecule has 0 spiro atoms. The topological polar surface area (TPSA) is 15.3 Å². The van der Waals surface area contributed by atoms with Gasteiger partial charge in [-0.05, 0) is 51.2 Å². The lowest BCUT2D eigenvalue weighted by atomic mass is 10.0. The first-order valence-electron chi connectivity index (χ1n) is 6.38. The van der Waals surface area contributed by atoms with Crippen LogP contribution in [-0.4, -0.2) is 32.1 Å². The molecule has 0 atom stereocenters. The Morgan fingerprint density at radius 1 is 1.12 bits per heavy atom. The average Bonchev–Trinajstić information content (AvgIpc) is 2.32. The van der Waals surface area contributed by atoms with Gasteiger partial charge in [0.05, 0.1) is 0 Å². The van der Waals surface area contributed by atoms with Crippen LogP contribution in [0.3, 0.4) is 0 Å². The van der Waals surface area contributed by atoms with Crippen LogP contribution in [-0.2, 0) is 6.54 Å². The molecule has 2 heteroatoms. The molecule has 2 nitrogen and oxygen atoms in total. The van der Waals surface area contributed by atoms with Gasteiger partial charge in [0.1, 0.15) is 0 Å². The van der Waals surface area contributed by atoms with Gasteiger partial charge in [0.25, 0.3) is 0 Å². The fourth-order valence-electron chi connectivity index (χ4n) is 2.21. The molecule has 1 aromatic carbocycles. The van der Waals surface area contributed by atoms with Crippen LogP contribution in [0.1, 0.15) is 24.0 Å². The van der Waals surface area contributed by atoms with E-state index in [1.54, 1.807) is 5.57 Å². The van der Waals surface area contributed by atoms with Crippen LogP contribution in [0, 0.1) is 0 Å².